The third-order valence-electron chi connectivity index (χ3n) is 16.0. The summed E-state index contributed by atoms with van der Waals surface area (Å²) in [5.41, 5.74) is 24.6. The quantitative estimate of drug-likeness (QED) is 0.132. The average molecular weight is 954 g/mol. The second-order valence-electron chi connectivity index (χ2n) is 19.9. The van der Waals surface area contributed by atoms with Crippen LogP contribution in [0, 0.1) is 0 Å². The minimum Gasteiger partial charge on any atom is -0.310 e. The zero-order chi connectivity index (χ0) is 49.8. The fourth-order valence-corrected chi connectivity index (χ4v) is 12.8. The summed E-state index contributed by atoms with van der Waals surface area (Å²) < 4.78 is 0. The first-order valence-electron chi connectivity index (χ1n) is 26.1. The fraction of sp³-hybridized carbons (Fsp3) is 0.0270. The van der Waals surface area contributed by atoms with Crippen LogP contribution in [0.5, 0.6) is 0 Å². The minimum absolute atomic E-state index is 0.492. The molecule has 12 aromatic rings. The van der Waals surface area contributed by atoms with Gasteiger partial charge in [0.25, 0.3) is 0 Å². The van der Waals surface area contributed by atoms with Gasteiger partial charge in [-0.15, -0.1) is 0 Å². The standard InChI is InChI=1S/C74H51N/c1-6-22-52(23-7-1)55-48-56(53-24-8-2-9-25-53)50-57(49-55)54-38-42-62(43-39-54)75(63-44-40-61(41-45-63)74(60-30-14-5-15-31-60)69-35-19-16-32-65(69)66-33-17-20-36-70(66)74)64-46-47-72-68(51-64)67-34-18-21-37-71(67)73(72,58-26-10-3-11-27-58)59-28-12-4-13-29-59/h1-51H. The van der Waals surface area contributed by atoms with Crippen molar-refractivity contribution in [1.82, 2.24) is 0 Å². The molecule has 0 atom stereocenters. The largest absolute Gasteiger partial charge is 0.310 e. The smallest absolute Gasteiger partial charge is 0.0713 e. The Bertz CT molecular complexity index is 3870. The van der Waals surface area contributed by atoms with Crippen LogP contribution >= 0.6 is 0 Å². The van der Waals surface area contributed by atoms with Gasteiger partial charge < -0.3 is 4.90 Å². The third kappa shape index (κ3) is 7.08. The van der Waals surface area contributed by atoms with E-state index < -0.39 is 10.8 Å². The van der Waals surface area contributed by atoms with Crippen LogP contribution in [-0.2, 0) is 10.8 Å². The Balaban J connectivity index is 0.953. The molecule has 0 radical (unpaired) electrons. The first kappa shape index (κ1) is 44.2. The molecule has 0 spiro atoms. The normalized spacial score (nSPS) is 13.3. The maximum absolute atomic E-state index is 2.45. The molecule has 0 heterocycles. The van der Waals surface area contributed by atoms with Crippen molar-refractivity contribution in [2.75, 3.05) is 4.90 Å². The van der Waals surface area contributed by atoms with E-state index in [2.05, 4.69) is 314 Å². The molecule has 1 nitrogen and oxygen atoms in total. The first-order chi connectivity index (χ1) is 37.2. The number of hydrogen-bond acceptors (Lipinski definition) is 1. The van der Waals surface area contributed by atoms with Gasteiger partial charge in [0.05, 0.1) is 10.8 Å². The Kier molecular flexibility index (Phi) is 10.7. The molecule has 2 aliphatic carbocycles. The van der Waals surface area contributed by atoms with E-state index in [0.717, 1.165) is 22.6 Å². The van der Waals surface area contributed by atoms with Crippen LogP contribution in [0.25, 0.3) is 55.6 Å². The van der Waals surface area contributed by atoms with E-state index in [1.165, 1.54) is 94.6 Å². The Labute approximate surface area is 440 Å². The molecule has 1 heteroatoms. The summed E-state index contributed by atoms with van der Waals surface area (Å²) in [7, 11) is 0. The number of nitrogens with zero attached hydrogens (tertiary/aromatic N) is 1. The number of anilines is 3. The topological polar surface area (TPSA) is 3.24 Å². The summed E-state index contributed by atoms with van der Waals surface area (Å²) in [6.45, 7) is 0. The zero-order valence-corrected chi connectivity index (χ0v) is 41.4. The van der Waals surface area contributed by atoms with Crippen LogP contribution in [0.1, 0.15) is 44.5 Å². The van der Waals surface area contributed by atoms with Crippen molar-refractivity contribution in [3.63, 3.8) is 0 Å². The summed E-state index contributed by atoms with van der Waals surface area (Å²) in [5.74, 6) is 0. The van der Waals surface area contributed by atoms with E-state index in [-0.39, 0.29) is 0 Å². The van der Waals surface area contributed by atoms with Gasteiger partial charge in [-0.25, -0.2) is 0 Å². The summed E-state index contributed by atoms with van der Waals surface area (Å²) in [6.07, 6.45) is 0. The van der Waals surface area contributed by atoms with Gasteiger partial charge in [-0.05, 0) is 155 Å². The number of rotatable bonds is 10. The Morgan fingerprint density at radius 2 is 0.480 bits per heavy atom. The molecular formula is C74H51N. The molecule has 0 saturated carbocycles. The van der Waals surface area contributed by atoms with Gasteiger partial charge >= 0.3 is 0 Å². The van der Waals surface area contributed by atoms with Gasteiger partial charge in [0.2, 0.25) is 0 Å². The summed E-state index contributed by atoms with van der Waals surface area (Å²) in [6, 6.07) is 114. The van der Waals surface area contributed by atoms with Crippen LogP contribution in [0.15, 0.2) is 309 Å². The number of hydrogen-bond donors (Lipinski definition) is 0. The zero-order valence-electron chi connectivity index (χ0n) is 41.4. The van der Waals surface area contributed by atoms with Gasteiger partial charge in [0, 0.05) is 17.1 Å². The molecule has 0 N–H and O–H groups in total. The number of benzene rings is 12. The molecule has 75 heavy (non-hydrogen) atoms. The van der Waals surface area contributed by atoms with E-state index in [1.807, 2.05) is 0 Å². The molecule has 0 unspecified atom stereocenters. The van der Waals surface area contributed by atoms with E-state index in [4.69, 9.17) is 0 Å². The summed E-state index contributed by atoms with van der Waals surface area (Å²) in [5, 5.41) is 0. The third-order valence-corrected chi connectivity index (χ3v) is 16.0. The lowest BCUT2D eigenvalue weighted by molar-refractivity contribution is 0.768. The Morgan fingerprint density at radius 1 is 0.187 bits per heavy atom. The highest BCUT2D eigenvalue weighted by molar-refractivity contribution is 5.92. The van der Waals surface area contributed by atoms with Crippen LogP contribution < -0.4 is 4.90 Å². The molecule has 0 fully saturated rings. The van der Waals surface area contributed by atoms with Crippen molar-refractivity contribution >= 4 is 17.1 Å². The van der Waals surface area contributed by atoms with Crippen LogP contribution in [0.3, 0.4) is 0 Å². The molecule has 2 aliphatic rings. The lowest BCUT2D eigenvalue weighted by Crippen LogP contribution is -2.28. The molecule has 0 saturated heterocycles. The molecule has 12 aromatic carbocycles. The second kappa shape index (κ2) is 18.2. The van der Waals surface area contributed by atoms with Crippen molar-refractivity contribution in [3.05, 3.63) is 354 Å². The molecule has 14 rings (SSSR count). The minimum atomic E-state index is -0.498. The highest BCUT2D eigenvalue weighted by Crippen LogP contribution is 2.59. The number of fused-ring (bicyclic) bond motifs is 6. The SMILES string of the molecule is c1ccc(-c2cc(-c3ccccc3)cc(-c3ccc(N(c4ccc(C5(c6ccccc6)c6ccccc6-c6ccccc65)cc4)c4ccc5c(c4)-c4ccccc4C5(c4ccccc4)c4ccccc4)cc3)c2)cc1. The van der Waals surface area contributed by atoms with Crippen molar-refractivity contribution < 1.29 is 0 Å². The monoisotopic (exact) mass is 953 g/mol. The van der Waals surface area contributed by atoms with Crippen LogP contribution in [-0.4, -0.2) is 0 Å². The first-order valence-corrected chi connectivity index (χ1v) is 26.1. The van der Waals surface area contributed by atoms with Gasteiger partial charge in [-0.2, -0.15) is 0 Å². The van der Waals surface area contributed by atoms with Crippen molar-refractivity contribution in [2.24, 2.45) is 0 Å². The molecule has 0 amide bonds. The van der Waals surface area contributed by atoms with Crippen molar-refractivity contribution in [1.29, 1.82) is 0 Å². The lowest BCUT2D eigenvalue weighted by atomic mass is 9.67. The molecule has 0 aliphatic heterocycles. The lowest BCUT2D eigenvalue weighted by Gasteiger charge is -2.35. The molecular weight excluding hydrogens is 903 g/mol. The van der Waals surface area contributed by atoms with E-state index in [1.54, 1.807) is 0 Å². The second-order valence-corrected chi connectivity index (χ2v) is 19.9. The van der Waals surface area contributed by atoms with Crippen LogP contribution in [0.4, 0.5) is 17.1 Å². The van der Waals surface area contributed by atoms with Gasteiger partial charge in [0.15, 0.2) is 0 Å². The Hall–Kier alpha value is -9.56. The van der Waals surface area contributed by atoms with Gasteiger partial charge in [-0.1, -0.05) is 255 Å². The summed E-state index contributed by atoms with van der Waals surface area (Å²) >= 11 is 0. The Morgan fingerprint density at radius 3 is 0.893 bits per heavy atom. The highest BCUT2D eigenvalue weighted by atomic mass is 15.1. The maximum Gasteiger partial charge on any atom is 0.0713 e. The van der Waals surface area contributed by atoms with E-state index in [9.17, 15) is 0 Å². The molecule has 352 valence electrons. The van der Waals surface area contributed by atoms with Crippen LogP contribution in [0.2, 0.25) is 0 Å². The fourth-order valence-electron chi connectivity index (χ4n) is 12.8. The predicted molar refractivity (Wildman–Crippen MR) is 312 cm³/mol. The molecule has 0 bridgehead atoms. The average Bonchev–Trinajstić information content (AvgIpc) is 4.00. The highest BCUT2D eigenvalue weighted by Gasteiger charge is 2.47. The van der Waals surface area contributed by atoms with Crippen molar-refractivity contribution in [3.8, 4) is 55.6 Å². The molecule has 0 aromatic heterocycles. The van der Waals surface area contributed by atoms with Crippen molar-refractivity contribution in [2.45, 2.75) is 10.8 Å². The maximum atomic E-state index is 2.45. The predicted octanol–water partition coefficient (Wildman–Crippen LogP) is 18.9. The van der Waals surface area contributed by atoms with Gasteiger partial charge in [-0.3, -0.25) is 0 Å². The van der Waals surface area contributed by atoms with Gasteiger partial charge in [0.1, 0.15) is 0 Å². The van der Waals surface area contributed by atoms with E-state index in [0.29, 0.717) is 0 Å². The van der Waals surface area contributed by atoms with E-state index >= 15 is 0 Å². The summed E-state index contributed by atoms with van der Waals surface area (Å²) in [4.78, 5) is 2.45.